The molecule has 1 amide bonds. The summed E-state index contributed by atoms with van der Waals surface area (Å²) in [7, 11) is -2.17. The van der Waals surface area contributed by atoms with E-state index in [1.165, 1.54) is 19.4 Å². The molecule has 0 unspecified atom stereocenters. The van der Waals surface area contributed by atoms with Crippen LogP contribution in [-0.4, -0.2) is 49.4 Å². The molecule has 0 radical (unpaired) electrons. The second kappa shape index (κ2) is 13.7. The maximum absolute atomic E-state index is 12.9. The predicted molar refractivity (Wildman–Crippen MR) is 168 cm³/mol. The van der Waals surface area contributed by atoms with Crippen LogP contribution in [0.4, 0.5) is 36.3 Å². The minimum Gasteiger partial charge on any atom is -0.495 e. The molecule has 1 heterocycles. The number of rotatable bonds is 11. The second-order valence-electron chi connectivity index (χ2n) is 10.3. The molecule has 0 bridgehead atoms. The summed E-state index contributed by atoms with van der Waals surface area (Å²) in [5.74, 6) is -1.44. The zero-order valence-corrected chi connectivity index (χ0v) is 26.4. The van der Waals surface area contributed by atoms with Gasteiger partial charge in [0.05, 0.1) is 34.8 Å². The summed E-state index contributed by atoms with van der Waals surface area (Å²) in [6.45, 7) is 4.82. The third-order valence-electron chi connectivity index (χ3n) is 6.75. The number of amides is 1. The molecule has 0 atom stereocenters. The number of benzene rings is 3. The number of halogens is 4. The molecule has 3 N–H and O–H groups in total. The van der Waals surface area contributed by atoms with Crippen molar-refractivity contribution in [1.29, 1.82) is 0 Å². The summed E-state index contributed by atoms with van der Waals surface area (Å²) in [5.41, 5.74) is 3.77. The van der Waals surface area contributed by atoms with Gasteiger partial charge in [-0.1, -0.05) is 53.6 Å². The van der Waals surface area contributed by atoms with Gasteiger partial charge in [-0.05, 0) is 68.1 Å². The van der Waals surface area contributed by atoms with Gasteiger partial charge in [0.25, 0.3) is 0 Å². The number of hydrogen-bond acceptors (Lipinski definition) is 8. The molecule has 0 aliphatic carbocycles. The Morgan fingerprint density at radius 3 is 2.42 bits per heavy atom. The van der Waals surface area contributed by atoms with Gasteiger partial charge < -0.3 is 20.7 Å². The molecule has 4 aromatic rings. The van der Waals surface area contributed by atoms with Crippen molar-refractivity contribution in [3.05, 3.63) is 83.0 Å². The minimum atomic E-state index is -5.00. The number of nitrogens with one attached hydrogen (secondary N) is 3. The zero-order chi connectivity index (χ0) is 32.9. The van der Waals surface area contributed by atoms with Gasteiger partial charge in [0.1, 0.15) is 10.8 Å². The van der Waals surface area contributed by atoms with E-state index >= 15 is 0 Å². The quantitative estimate of drug-likeness (QED) is 0.157. The van der Waals surface area contributed by atoms with E-state index in [0.29, 0.717) is 22.6 Å². The Labute approximate surface area is 264 Å². The lowest BCUT2D eigenvalue weighted by molar-refractivity contribution is -0.173. The number of hydrogen-bond donors (Lipinski definition) is 3. The van der Waals surface area contributed by atoms with Crippen molar-refractivity contribution in [1.82, 2.24) is 15.3 Å². The molecule has 3 aromatic carbocycles. The Morgan fingerprint density at radius 2 is 1.76 bits per heavy atom. The molecule has 238 valence electrons. The molecule has 0 saturated carbocycles. The zero-order valence-electron chi connectivity index (χ0n) is 24.8. The Kier molecular flexibility index (Phi) is 10.2. The number of aryl methyl sites for hydroxylation is 1. The first-order valence-corrected chi connectivity index (χ1v) is 15.7. The molecule has 9 nitrogen and oxygen atoms in total. The van der Waals surface area contributed by atoms with E-state index in [-0.39, 0.29) is 40.3 Å². The van der Waals surface area contributed by atoms with E-state index < -0.39 is 27.2 Å². The largest absolute Gasteiger partial charge is 0.495 e. The number of carbonyl (C=O) groups excluding carboxylic acids is 1. The third kappa shape index (κ3) is 8.03. The number of ether oxygens (including phenoxy) is 1. The van der Waals surface area contributed by atoms with Gasteiger partial charge in [-0.3, -0.25) is 4.79 Å². The molecule has 45 heavy (non-hydrogen) atoms. The lowest BCUT2D eigenvalue weighted by Gasteiger charge is -2.18. The van der Waals surface area contributed by atoms with Crippen LogP contribution in [0.2, 0.25) is 5.02 Å². The predicted octanol–water partition coefficient (Wildman–Crippen LogP) is 7.00. The molecule has 0 fully saturated rings. The van der Waals surface area contributed by atoms with Gasteiger partial charge in [0.2, 0.25) is 5.95 Å². The molecule has 0 aliphatic rings. The Bertz CT molecular complexity index is 1820. The summed E-state index contributed by atoms with van der Waals surface area (Å²) < 4.78 is 69.9. The Hall–Kier alpha value is -4.36. The van der Waals surface area contributed by atoms with E-state index in [0.717, 1.165) is 11.1 Å². The highest BCUT2D eigenvalue weighted by Gasteiger charge is 2.38. The molecule has 0 saturated heterocycles. The molecular formula is C31H31ClF3N5O4S. The first-order valence-electron chi connectivity index (χ1n) is 13.7. The Balaban J connectivity index is 1.70. The number of para-hydroxylation sites is 1. The van der Waals surface area contributed by atoms with E-state index in [4.69, 9.17) is 16.3 Å². The maximum atomic E-state index is 12.9. The highest BCUT2D eigenvalue weighted by Crippen LogP contribution is 2.37. The van der Waals surface area contributed by atoms with Crippen molar-refractivity contribution in [2.24, 2.45) is 0 Å². The van der Waals surface area contributed by atoms with Gasteiger partial charge in [-0.25, -0.2) is 13.4 Å². The number of carbonyl (C=O) groups is 1. The number of nitrogens with zero attached hydrogens (tertiary/aromatic N) is 2. The molecular weight excluding hydrogens is 631 g/mol. The lowest BCUT2D eigenvalue weighted by atomic mass is 9.95. The van der Waals surface area contributed by atoms with Crippen molar-refractivity contribution in [2.75, 3.05) is 24.3 Å². The topological polar surface area (TPSA) is 122 Å². The van der Waals surface area contributed by atoms with Gasteiger partial charge >= 0.3 is 12.1 Å². The molecule has 14 heteroatoms. The smallest absolute Gasteiger partial charge is 0.471 e. The molecule has 0 aliphatic heterocycles. The van der Waals surface area contributed by atoms with Gasteiger partial charge in [0.15, 0.2) is 15.7 Å². The Morgan fingerprint density at radius 1 is 1.02 bits per heavy atom. The fourth-order valence-electron chi connectivity index (χ4n) is 4.43. The van der Waals surface area contributed by atoms with Crippen molar-refractivity contribution >= 4 is 50.5 Å². The van der Waals surface area contributed by atoms with E-state index in [2.05, 4.69) is 20.6 Å². The second-order valence-corrected chi connectivity index (χ2v) is 13.2. The van der Waals surface area contributed by atoms with Crippen molar-refractivity contribution in [2.45, 2.75) is 43.5 Å². The summed E-state index contributed by atoms with van der Waals surface area (Å²) in [6.07, 6.45) is -3.59. The average Bonchev–Trinajstić information content (AvgIpc) is 2.98. The van der Waals surface area contributed by atoms with Crippen molar-refractivity contribution < 1.29 is 31.1 Å². The fourth-order valence-corrected chi connectivity index (χ4v) is 5.77. The summed E-state index contributed by atoms with van der Waals surface area (Å²) in [6, 6.07) is 17.4. The summed E-state index contributed by atoms with van der Waals surface area (Å²) >= 11 is 6.37. The number of anilines is 4. The number of methoxy groups -OCH3 is 1. The van der Waals surface area contributed by atoms with Crippen LogP contribution in [0.25, 0.3) is 11.1 Å². The first kappa shape index (κ1) is 33.5. The first-order chi connectivity index (χ1) is 21.2. The van der Waals surface area contributed by atoms with Crippen molar-refractivity contribution in [3.63, 3.8) is 0 Å². The number of alkyl halides is 3. The summed E-state index contributed by atoms with van der Waals surface area (Å²) in [4.78, 5) is 20.2. The number of sulfone groups is 1. The summed E-state index contributed by atoms with van der Waals surface area (Å²) in [5, 5.41) is 7.43. The van der Waals surface area contributed by atoms with Crippen LogP contribution in [0.1, 0.15) is 25.0 Å². The van der Waals surface area contributed by atoms with E-state index in [9.17, 15) is 26.4 Å². The molecule has 0 spiro atoms. The van der Waals surface area contributed by atoms with E-state index in [1.54, 1.807) is 44.2 Å². The standard InChI is InChI=1S/C31H31ClF3N5O4S/c1-18(2)45(42,43)27-11-6-5-10-24(27)38-28-23(32)17-37-30(40-28)39-25-15-21(12-13-36-29(41)31(33,34)35)22(16-26(25)44-4)20-9-7-8-19(3)14-20/h5-11,14-18H,12-13H2,1-4H3,(H,36,41)(H2,37,38,39,40). The van der Waals surface area contributed by atoms with Crippen LogP contribution in [0, 0.1) is 6.92 Å². The third-order valence-corrected chi connectivity index (χ3v) is 9.24. The van der Waals surface area contributed by atoms with Crippen LogP contribution in [0.15, 0.2) is 71.8 Å². The maximum Gasteiger partial charge on any atom is 0.471 e. The SMILES string of the molecule is COc1cc(-c2cccc(C)c2)c(CCNC(=O)C(F)(F)F)cc1Nc1ncc(Cl)c(Nc2ccccc2S(=O)(=O)C(C)C)n1. The van der Waals surface area contributed by atoms with E-state index in [1.807, 2.05) is 36.5 Å². The van der Waals surface area contributed by atoms with Crippen LogP contribution in [0.3, 0.4) is 0 Å². The highest BCUT2D eigenvalue weighted by atomic mass is 35.5. The van der Waals surface area contributed by atoms with Gasteiger partial charge in [0, 0.05) is 6.54 Å². The minimum absolute atomic E-state index is 0.0686. The van der Waals surface area contributed by atoms with Gasteiger partial charge in [-0.2, -0.15) is 18.2 Å². The van der Waals surface area contributed by atoms with Crippen LogP contribution in [-0.2, 0) is 21.1 Å². The normalized spacial score (nSPS) is 11.8. The lowest BCUT2D eigenvalue weighted by Crippen LogP contribution is -2.37. The van der Waals surface area contributed by atoms with Gasteiger partial charge in [-0.15, -0.1) is 0 Å². The van der Waals surface area contributed by atoms with Crippen LogP contribution >= 0.6 is 11.6 Å². The van der Waals surface area contributed by atoms with Crippen LogP contribution in [0.5, 0.6) is 5.75 Å². The van der Waals surface area contributed by atoms with Crippen molar-refractivity contribution in [3.8, 4) is 16.9 Å². The molecule has 1 aromatic heterocycles. The number of aromatic nitrogens is 2. The fraction of sp³-hybridized carbons (Fsp3) is 0.258. The monoisotopic (exact) mass is 661 g/mol. The average molecular weight is 662 g/mol. The molecule has 4 rings (SSSR count). The highest BCUT2D eigenvalue weighted by molar-refractivity contribution is 7.92. The van der Waals surface area contributed by atoms with Crippen LogP contribution < -0.4 is 20.7 Å².